The Hall–Kier alpha value is -0.680. The second-order valence-electron chi connectivity index (χ2n) is 2.53. The maximum Gasteiger partial charge on any atom is 0.271 e. The van der Waals surface area contributed by atoms with Crippen molar-refractivity contribution in [3.8, 4) is 5.75 Å². The highest BCUT2D eigenvalue weighted by atomic mass is 35.5. The SMILES string of the molecule is NNC(=O)COc1c(Cl)ccc(Cl)c1Cl. The Kier molecular flexibility index (Phi) is 4.47. The first-order chi connectivity index (χ1) is 7.06. The predicted octanol–water partition coefficient (Wildman–Crippen LogP) is 2.02. The Bertz CT molecular complexity index is 384. The summed E-state index contributed by atoms with van der Waals surface area (Å²) in [4.78, 5) is 10.8. The average molecular weight is 270 g/mol. The molecule has 0 fully saturated rings. The lowest BCUT2D eigenvalue weighted by Crippen LogP contribution is -2.34. The van der Waals surface area contributed by atoms with Gasteiger partial charge in [0.2, 0.25) is 0 Å². The second kappa shape index (κ2) is 5.42. The molecule has 0 unspecified atom stereocenters. The third kappa shape index (κ3) is 3.14. The van der Waals surface area contributed by atoms with E-state index in [9.17, 15) is 4.79 Å². The number of nitrogens with two attached hydrogens (primary N) is 1. The van der Waals surface area contributed by atoms with E-state index in [1.54, 1.807) is 0 Å². The molecular weight excluding hydrogens is 262 g/mol. The summed E-state index contributed by atoms with van der Waals surface area (Å²) in [7, 11) is 0. The molecule has 0 heterocycles. The average Bonchev–Trinajstić information content (AvgIpc) is 2.23. The summed E-state index contributed by atoms with van der Waals surface area (Å²) in [5, 5.41) is 0.729. The van der Waals surface area contributed by atoms with Gasteiger partial charge in [0.25, 0.3) is 5.91 Å². The number of benzene rings is 1. The van der Waals surface area contributed by atoms with Gasteiger partial charge >= 0.3 is 0 Å². The molecule has 0 aliphatic heterocycles. The third-order valence-electron chi connectivity index (χ3n) is 1.51. The van der Waals surface area contributed by atoms with Gasteiger partial charge in [-0.25, -0.2) is 5.84 Å². The Morgan fingerprint density at radius 2 is 1.93 bits per heavy atom. The van der Waals surface area contributed by atoms with Crippen molar-refractivity contribution in [3.63, 3.8) is 0 Å². The summed E-state index contributed by atoms with van der Waals surface area (Å²) in [6.45, 7) is -0.281. The number of hydrogen-bond donors (Lipinski definition) is 2. The van der Waals surface area contributed by atoms with Gasteiger partial charge in [-0.2, -0.15) is 0 Å². The van der Waals surface area contributed by atoms with Crippen molar-refractivity contribution in [1.29, 1.82) is 0 Å². The molecule has 1 amide bonds. The largest absolute Gasteiger partial charge is 0.481 e. The van der Waals surface area contributed by atoms with Crippen LogP contribution in [0.15, 0.2) is 12.1 Å². The smallest absolute Gasteiger partial charge is 0.271 e. The van der Waals surface area contributed by atoms with Crippen LogP contribution in [0, 0.1) is 0 Å². The molecule has 0 bridgehead atoms. The number of carbonyl (C=O) groups excluding carboxylic acids is 1. The number of amides is 1. The van der Waals surface area contributed by atoms with E-state index in [2.05, 4.69) is 0 Å². The summed E-state index contributed by atoms with van der Waals surface area (Å²) < 4.78 is 5.06. The van der Waals surface area contributed by atoms with Gasteiger partial charge in [-0.1, -0.05) is 34.8 Å². The van der Waals surface area contributed by atoms with Crippen LogP contribution in [0.5, 0.6) is 5.75 Å². The normalized spacial score (nSPS) is 9.87. The number of nitrogens with one attached hydrogen (secondary N) is 1. The van der Waals surface area contributed by atoms with Crippen LogP contribution in [0.3, 0.4) is 0 Å². The Labute approximate surface area is 101 Å². The van der Waals surface area contributed by atoms with E-state index in [1.807, 2.05) is 5.43 Å². The van der Waals surface area contributed by atoms with Gasteiger partial charge in [0.05, 0.1) is 10.0 Å². The van der Waals surface area contributed by atoms with Crippen LogP contribution in [0.25, 0.3) is 0 Å². The molecule has 0 aromatic heterocycles. The molecule has 1 aromatic rings. The van der Waals surface area contributed by atoms with Crippen LogP contribution in [0.1, 0.15) is 0 Å². The van der Waals surface area contributed by atoms with Crippen molar-refractivity contribution < 1.29 is 9.53 Å². The van der Waals surface area contributed by atoms with E-state index in [-0.39, 0.29) is 22.4 Å². The van der Waals surface area contributed by atoms with Crippen LogP contribution in [0.2, 0.25) is 15.1 Å². The summed E-state index contributed by atoms with van der Waals surface area (Å²) in [6.07, 6.45) is 0. The summed E-state index contributed by atoms with van der Waals surface area (Å²) in [5.74, 6) is 4.53. The fraction of sp³-hybridized carbons (Fsp3) is 0.125. The van der Waals surface area contributed by atoms with Crippen molar-refractivity contribution in [3.05, 3.63) is 27.2 Å². The zero-order chi connectivity index (χ0) is 11.4. The molecule has 82 valence electrons. The molecule has 1 rings (SSSR count). The molecule has 3 N–H and O–H groups in total. The van der Waals surface area contributed by atoms with Crippen LogP contribution in [-0.4, -0.2) is 12.5 Å². The fourth-order valence-corrected chi connectivity index (χ4v) is 1.45. The molecule has 0 atom stereocenters. The lowest BCUT2D eigenvalue weighted by molar-refractivity contribution is -0.123. The summed E-state index contributed by atoms with van der Waals surface area (Å²) in [6, 6.07) is 3.05. The van der Waals surface area contributed by atoms with Crippen molar-refractivity contribution >= 4 is 40.7 Å². The van der Waals surface area contributed by atoms with Crippen molar-refractivity contribution in [2.24, 2.45) is 5.84 Å². The molecule has 1 aromatic carbocycles. The summed E-state index contributed by atoms with van der Waals surface area (Å²) >= 11 is 17.4. The number of hydrogen-bond acceptors (Lipinski definition) is 3. The molecule has 0 radical (unpaired) electrons. The van der Waals surface area contributed by atoms with E-state index in [0.29, 0.717) is 5.02 Å². The minimum absolute atomic E-state index is 0.161. The van der Waals surface area contributed by atoms with Gasteiger partial charge in [0, 0.05) is 0 Å². The molecule has 0 aliphatic rings. The first kappa shape index (κ1) is 12.4. The van der Waals surface area contributed by atoms with Crippen molar-refractivity contribution in [1.82, 2.24) is 5.43 Å². The number of rotatable bonds is 3. The highest BCUT2D eigenvalue weighted by Gasteiger charge is 2.12. The van der Waals surface area contributed by atoms with Crippen LogP contribution >= 0.6 is 34.8 Å². The monoisotopic (exact) mass is 268 g/mol. The first-order valence-electron chi connectivity index (χ1n) is 3.82. The highest BCUT2D eigenvalue weighted by molar-refractivity contribution is 6.44. The van der Waals surface area contributed by atoms with E-state index >= 15 is 0 Å². The fourth-order valence-electron chi connectivity index (χ4n) is 0.820. The number of ether oxygens (including phenoxy) is 1. The number of hydrazine groups is 1. The first-order valence-corrected chi connectivity index (χ1v) is 4.95. The second-order valence-corrected chi connectivity index (χ2v) is 3.72. The molecule has 15 heavy (non-hydrogen) atoms. The maximum absolute atomic E-state index is 10.8. The number of carbonyl (C=O) groups is 1. The minimum Gasteiger partial charge on any atom is -0.481 e. The maximum atomic E-state index is 10.8. The number of halogens is 3. The van der Waals surface area contributed by atoms with Gasteiger partial charge < -0.3 is 4.74 Å². The topological polar surface area (TPSA) is 64.3 Å². The minimum atomic E-state index is -0.498. The van der Waals surface area contributed by atoms with Crippen LogP contribution < -0.4 is 16.0 Å². The Balaban J connectivity index is 2.84. The lowest BCUT2D eigenvalue weighted by Gasteiger charge is -2.09. The van der Waals surface area contributed by atoms with E-state index < -0.39 is 5.91 Å². The van der Waals surface area contributed by atoms with Gasteiger partial charge in [0.15, 0.2) is 12.4 Å². The zero-order valence-electron chi connectivity index (χ0n) is 7.39. The van der Waals surface area contributed by atoms with E-state index in [1.165, 1.54) is 12.1 Å². The molecule has 7 heteroatoms. The Morgan fingerprint density at radius 1 is 1.33 bits per heavy atom. The molecular formula is C8H7Cl3N2O2. The Morgan fingerprint density at radius 3 is 2.53 bits per heavy atom. The van der Waals surface area contributed by atoms with Gasteiger partial charge in [-0.3, -0.25) is 10.2 Å². The molecule has 0 saturated heterocycles. The lowest BCUT2D eigenvalue weighted by atomic mass is 10.3. The summed E-state index contributed by atoms with van der Waals surface area (Å²) in [5.41, 5.74) is 1.91. The quantitative estimate of drug-likeness (QED) is 0.382. The van der Waals surface area contributed by atoms with Gasteiger partial charge in [-0.05, 0) is 12.1 Å². The zero-order valence-corrected chi connectivity index (χ0v) is 9.66. The molecule has 4 nitrogen and oxygen atoms in total. The van der Waals surface area contributed by atoms with Gasteiger partial charge in [-0.15, -0.1) is 0 Å². The van der Waals surface area contributed by atoms with Crippen LogP contribution in [-0.2, 0) is 4.79 Å². The van der Waals surface area contributed by atoms with Gasteiger partial charge in [0.1, 0.15) is 5.02 Å². The van der Waals surface area contributed by atoms with Crippen molar-refractivity contribution in [2.75, 3.05) is 6.61 Å². The van der Waals surface area contributed by atoms with Crippen molar-refractivity contribution in [2.45, 2.75) is 0 Å². The van der Waals surface area contributed by atoms with E-state index in [0.717, 1.165) is 0 Å². The molecule has 0 spiro atoms. The third-order valence-corrected chi connectivity index (χ3v) is 2.60. The van der Waals surface area contributed by atoms with E-state index in [4.69, 9.17) is 45.4 Å². The molecule has 0 aliphatic carbocycles. The molecule has 0 saturated carbocycles. The highest BCUT2D eigenvalue weighted by Crippen LogP contribution is 2.37. The predicted molar refractivity (Wildman–Crippen MR) is 59.3 cm³/mol. The standard InChI is InChI=1S/C8H7Cl3N2O2/c9-4-1-2-5(10)8(7(4)11)15-3-6(14)13-12/h1-2H,3,12H2,(H,13,14). The van der Waals surface area contributed by atoms with Crippen LogP contribution in [0.4, 0.5) is 0 Å².